The number of nitrogens with zero attached hydrogens (tertiary/aromatic N) is 3. The van der Waals surface area contributed by atoms with Crippen molar-refractivity contribution in [1.82, 2.24) is 9.58 Å². The van der Waals surface area contributed by atoms with Gasteiger partial charge in [0.1, 0.15) is 25.1 Å². The van der Waals surface area contributed by atoms with Crippen molar-refractivity contribution < 1.29 is 14.6 Å². The molecule has 0 saturated heterocycles. The fourth-order valence-electron chi connectivity index (χ4n) is 4.66. The van der Waals surface area contributed by atoms with Crippen molar-refractivity contribution in [3.63, 3.8) is 0 Å². The molecule has 2 bridgehead atoms. The zero-order valence-electron chi connectivity index (χ0n) is 18.6. The predicted octanol–water partition coefficient (Wildman–Crippen LogP) is 5.35. The van der Waals surface area contributed by atoms with Crippen LogP contribution in [0.15, 0.2) is 77.7 Å². The molecule has 0 fully saturated rings. The molecule has 0 spiro atoms. The minimum absolute atomic E-state index is 0. The maximum absolute atomic E-state index is 13.6. The van der Waals surface area contributed by atoms with Gasteiger partial charge in [0, 0.05) is 17.8 Å². The number of hydrogen-bond acceptors (Lipinski definition) is 5. The Balaban J connectivity index is 0.00000180. The Kier molecular flexibility index (Phi) is 8.15. The lowest BCUT2D eigenvalue weighted by molar-refractivity contribution is 0.0626. The minimum Gasteiger partial charge on any atom is -0.502 e. The highest BCUT2D eigenvalue weighted by molar-refractivity contribution is 6.32. The fraction of sp³-hybridized carbons (Fsp3) is 0.286. The molecule has 1 N–H and O–H groups in total. The lowest BCUT2D eigenvalue weighted by atomic mass is 9.96. The summed E-state index contributed by atoms with van der Waals surface area (Å²) in [4.78, 5) is 27.6. The maximum Gasteiger partial charge on any atom is 0.278 e. The second-order valence-electron chi connectivity index (χ2n) is 8.26. The van der Waals surface area contributed by atoms with E-state index in [1.807, 2.05) is 66.5 Å². The first-order valence-corrected chi connectivity index (χ1v) is 11.5. The molecule has 7 nitrogen and oxygen atoms in total. The van der Waals surface area contributed by atoms with Gasteiger partial charge in [0.2, 0.25) is 5.43 Å². The van der Waals surface area contributed by atoms with Gasteiger partial charge in [-0.3, -0.25) is 19.3 Å². The highest BCUT2D eigenvalue weighted by Crippen LogP contribution is 2.40. The van der Waals surface area contributed by atoms with Crippen LogP contribution in [0.3, 0.4) is 0 Å². The van der Waals surface area contributed by atoms with Crippen LogP contribution in [-0.4, -0.2) is 39.9 Å². The summed E-state index contributed by atoms with van der Waals surface area (Å²) < 4.78 is 7.72. The number of pyridine rings is 1. The molecule has 0 aliphatic carbocycles. The number of rotatable bonds is 2. The minimum atomic E-state index is -0.600. The van der Waals surface area contributed by atoms with E-state index in [-0.39, 0.29) is 39.9 Å². The fourth-order valence-corrected chi connectivity index (χ4v) is 4.90. The van der Waals surface area contributed by atoms with Crippen LogP contribution >= 0.6 is 11.6 Å². The summed E-state index contributed by atoms with van der Waals surface area (Å²) in [7, 11) is 0. The van der Waals surface area contributed by atoms with E-state index in [0.29, 0.717) is 17.2 Å². The number of aromatic nitrogens is 1. The zero-order valence-corrected chi connectivity index (χ0v) is 19.4. The summed E-state index contributed by atoms with van der Waals surface area (Å²) >= 11 is 6.59. The average Bonchev–Trinajstić information content (AvgIpc) is 2.87. The summed E-state index contributed by atoms with van der Waals surface area (Å²) in [5.41, 5.74) is 1.08. The van der Waals surface area contributed by atoms with E-state index < -0.39 is 23.1 Å². The second kappa shape index (κ2) is 10.9. The van der Waals surface area contributed by atoms with Gasteiger partial charge in [-0.15, -0.1) is 0 Å². The van der Waals surface area contributed by atoms with Crippen molar-refractivity contribution in [1.29, 1.82) is 0 Å². The number of para-hydroxylation sites is 1. The Morgan fingerprint density at radius 1 is 1.06 bits per heavy atom. The second-order valence-corrected chi connectivity index (χ2v) is 8.67. The number of hydrogen-bond donors (Lipinski definition) is 1. The smallest absolute Gasteiger partial charge is 0.278 e. The van der Waals surface area contributed by atoms with Gasteiger partial charge in [-0.05, 0) is 24.1 Å². The topological polar surface area (TPSA) is 75.0 Å². The van der Waals surface area contributed by atoms with Gasteiger partial charge in [-0.25, -0.2) is 0 Å². The third-order valence-electron chi connectivity index (χ3n) is 6.30. The van der Waals surface area contributed by atoms with Gasteiger partial charge in [0.15, 0.2) is 11.4 Å². The zero-order chi connectivity index (χ0) is 23.8. The Morgan fingerprint density at radius 2 is 1.81 bits per heavy atom. The van der Waals surface area contributed by atoms with Gasteiger partial charge in [-0.2, -0.15) is 0 Å². The Labute approximate surface area is 216 Å². The normalized spacial score (nSPS) is 19.4. The van der Waals surface area contributed by atoms with Crippen LogP contribution in [0, 0.1) is 0 Å². The molecule has 190 valence electrons. The van der Waals surface area contributed by atoms with Crippen LogP contribution in [0.25, 0.3) is 0 Å². The molecule has 2 atom stereocenters. The molecule has 2 aliphatic heterocycles. The van der Waals surface area contributed by atoms with Crippen molar-refractivity contribution in [3.8, 4) is 11.5 Å². The molecule has 8 heteroatoms. The van der Waals surface area contributed by atoms with E-state index >= 15 is 0 Å². The van der Waals surface area contributed by atoms with Crippen molar-refractivity contribution in [2.75, 3.05) is 18.3 Å². The number of ether oxygens (including phenoxy) is 1. The van der Waals surface area contributed by atoms with Crippen LogP contribution in [0.4, 0.5) is 0 Å². The highest BCUT2D eigenvalue weighted by atomic mass is 35.5. The molecule has 3 heterocycles. The van der Waals surface area contributed by atoms with Crippen molar-refractivity contribution in [2.24, 2.45) is 0 Å². The Bertz CT molecular complexity index is 1320. The van der Waals surface area contributed by atoms with Crippen LogP contribution in [0.2, 0.25) is 5.02 Å². The lowest BCUT2D eigenvalue weighted by Crippen LogP contribution is -2.57. The number of carbonyl (C=O) groups excluding carboxylic acids is 1. The highest BCUT2D eigenvalue weighted by Gasteiger charge is 2.39. The molecular formula is C28H32ClN3O4. The van der Waals surface area contributed by atoms with E-state index in [2.05, 4.69) is 0 Å². The Morgan fingerprint density at radius 3 is 2.53 bits per heavy atom. The molecule has 5 rings (SSSR count). The molecule has 0 radical (unpaired) electrons. The standard InChI is InChI=1S/C26H24ClN3O4.2CH4/c1-2-18-10-7-15-34-25-19(11-6-12-20(25)27)22(17-8-4-3-5-9-17)30-16-28(18)26(33)23-24(32)21(31)13-14-29(23)30;;/h3-14,18,22,32H,2,15-16H2,1H3;2*1H4/b10-7+;;/t18-,22+;;/m0../s1. The maximum atomic E-state index is 13.6. The molecule has 2 aromatic carbocycles. The predicted molar refractivity (Wildman–Crippen MR) is 144 cm³/mol. The van der Waals surface area contributed by atoms with Gasteiger partial charge in [0.05, 0.1) is 11.1 Å². The monoisotopic (exact) mass is 509 g/mol. The van der Waals surface area contributed by atoms with E-state index in [9.17, 15) is 14.7 Å². The number of amides is 1. The van der Waals surface area contributed by atoms with Gasteiger partial charge in [-0.1, -0.05) is 81.9 Å². The summed E-state index contributed by atoms with van der Waals surface area (Å²) in [6.07, 6.45) is 5.97. The third kappa shape index (κ3) is 4.46. The largest absolute Gasteiger partial charge is 0.502 e. The molecule has 1 aromatic heterocycles. The molecule has 0 saturated carbocycles. The number of aromatic hydroxyl groups is 1. The summed E-state index contributed by atoms with van der Waals surface area (Å²) in [5.74, 6) is -0.417. The molecular weight excluding hydrogens is 478 g/mol. The molecule has 2 aliphatic rings. The van der Waals surface area contributed by atoms with Gasteiger partial charge >= 0.3 is 0 Å². The number of carbonyl (C=O) groups is 1. The van der Waals surface area contributed by atoms with E-state index in [1.54, 1.807) is 15.6 Å². The first-order chi connectivity index (χ1) is 16.5. The Hall–Kier alpha value is -3.71. The van der Waals surface area contributed by atoms with Crippen molar-refractivity contribution >= 4 is 17.5 Å². The molecule has 36 heavy (non-hydrogen) atoms. The van der Waals surface area contributed by atoms with Crippen LogP contribution in [0.1, 0.15) is 55.9 Å². The number of fused-ring (bicyclic) bond motifs is 5. The average molecular weight is 510 g/mol. The van der Waals surface area contributed by atoms with Crippen LogP contribution in [0.5, 0.6) is 11.5 Å². The quantitative estimate of drug-likeness (QED) is 0.471. The van der Waals surface area contributed by atoms with Crippen molar-refractivity contribution in [3.05, 3.63) is 105 Å². The SMILES string of the molecule is C.C.CC[C@H]1/C=C/COc2c(Cl)cccc2[C@@H](c2ccccc2)N2CN1C(=O)c1c(O)c(=O)ccn12. The van der Waals surface area contributed by atoms with Crippen LogP contribution in [-0.2, 0) is 0 Å². The summed E-state index contributed by atoms with van der Waals surface area (Å²) in [5, 5.41) is 13.1. The van der Waals surface area contributed by atoms with E-state index in [0.717, 1.165) is 11.1 Å². The molecule has 1 amide bonds. The third-order valence-corrected chi connectivity index (χ3v) is 6.60. The first kappa shape index (κ1) is 26.9. The van der Waals surface area contributed by atoms with Crippen LogP contribution < -0.4 is 15.2 Å². The molecule has 3 aromatic rings. The molecule has 0 unspecified atom stereocenters. The van der Waals surface area contributed by atoms with E-state index in [1.165, 1.54) is 12.3 Å². The summed E-state index contributed by atoms with van der Waals surface area (Å²) in [6.45, 7) is 2.50. The van der Waals surface area contributed by atoms with Gasteiger partial charge < -0.3 is 14.7 Å². The summed E-state index contributed by atoms with van der Waals surface area (Å²) in [6, 6.07) is 16.0. The lowest BCUT2D eigenvalue weighted by Gasteiger charge is -2.45. The number of halogens is 1. The number of benzene rings is 2. The van der Waals surface area contributed by atoms with E-state index in [4.69, 9.17) is 16.3 Å². The van der Waals surface area contributed by atoms with Gasteiger partial charge in [0.25, 0.3) is 5.91 Å². The van der Waals surface area contributed by atoms with Crippen molar-refractivity contribution in [2.45, 2.75) is 40.3 Å². The first-order valence-electron chi connectivity index (χ1n) is 11.2.